The van der Waals surface area contributed by atoms with Crippen LogP contribution in [0.2, 0.25) is 5.02 Å². The molecule has 0 radical (unpaired) electrons. The normalized spacial score (nSPS) is 14.7. The minimum absolute atomic E-state index is 0.204. The zero-order valence-electron chi connectivity index (χ0n) is 12.2. The molecule has 0 aliphatic rings. The van der Waals surface area contributed by atoms with E-state index in [1.807, 2.05) is 45.0 Å². The van der Waals surface area contributed by atoms with Crippen LogP contribution in [0, 0.1) is 5.92 Å². The lowest BCUT2D eigenvalue weighted by molar-refractivity contribution is 0.0140. The van der Waals surface area contributed by atoms with Gasteiger partial charge in [0, 0.05) is 29.7 Å². The molecule has 1 aromatic carbocycles. The Hall–Kier alpha value is -1.16. The summed E-state index contributed by atoms with van der Waals surface area (Å²) in [5.74, 6) is 0.204. The molecule has 0 bridgehead atoms. The van der Waals surface area contributed by atoms with Crippen LogP contribution in [0.1, 0.15) is 26.3 Å². The highest BCUT2D eigenvalue weighted by molar-refractivity contribution is 6.35. The Labute approximate surface area is 125 Å². The molecule has 0 saturated heterocycles. The highest BCUT2D eigenvalue weighted by atomic mass is 35.5. The molecule has 1 aromatic heterocycles. The van der Waals surface area contributed by atoms with Crippen molar-refractivity contribution in [2.75, 3.05) is 6.54 Å². The molecule has 2 rings (SSSR count). The van der Waals surface area contributed by atoms with Gasteiger partial charge in [0.25, 0.3) is 0 Å². The molecule has 0 spiro atoms. The summed E-state index contributed by atoms with van der Waals surface area (Å²) in [6.07, 6.45) is 1.77. The van der Waals surface area contributed by atoms with Gasteiger partial charge >= 0.3 is 0 Å². The molecule has 2 N–H and O–H groups in total. The number of aliphatic hydroxyl groups is 1. The van der Waals surface area contributed by atoms with E-state index in [2.05, 4.69) is 10.3 Å². The largest absolute Gasteiger partial charge is 0.389 e. The molecule has 108 valence electrons. The number of hydrogen-bond donors (Lipinski definition) is 2. The molecule has 1 unspecified atom stereocenters. The molecule has 0 aliphatic heterocycles. The number of benzene rings is 1. The van der Waals surface area contributed by atoms with Gasteiger partial charge in [0.1, 0.15) is 0 Å². The minimum Gasteiger partial charge on any atom is -0.389 e. The smallest absolute Gasteiger partial charge is 0.0766 e. The molecule has 20 heavy (non-hydrogen) atoms. The Kier molecular flexibility index (Phi) is 4.63. The maximum absolute atomic E-state index is 10.2. The van der Waals surface area contributed by atoms with Crippen molar-refractivity contribution in [1.29, 1.82) is 0 Å². The van der Waals surface area contributed by atoms with Crippen LogP contribution in [0.15, 0.2) is 30.5 Å². The van der Waals surface area contributed by atoms with E-state index in [1.54, 1.807) is 6.20 Å². The maximum atomic E-state index is 10.2. The zero-order chi connectivity index (χ0) is 14.8. The number of fused-ring (bicyclic) bond motifs is 1. The topological polar surface area (TPSA) is 45.1 Å². The number of nitrogens with zero attached hydrogens (tertiary/aromatic N) is 1. The van der Waals surface area contributed by atoms with Crippen molar-refractivity contribution < 1.29 is 5.11 Å². The summed E-state index contributed by atoms with van der Waals surface area (Å²) in [6.45, 7) is 7.08. The van der Waals surface area contributed by atoms with Gasteiger partial charge in [0.15, 0.2) is 0 Å². The first-order valence-corrected chi connectivity index (χ1v) is 7.25. The van der Waals surface area contributed by atoms with E-state index in [0.717, 1.165) is 16.5 Å². The third-order valence-electron chi connectivity index (χ3n) is 3.84. The third kappa shape index (κ3) is 3.29. The minimum atomic E-state index is -0.713. The molecule has 2 aromatic rings. The molecular formula is C16H21ClN2O. The fourth-order valence-corrected chi connectivity index (χ4v) is 2.21. The maximum Gasteiger partial charge on any atom is 0.0766 e. The SMILES string of the molecule is CC(C)C(C)(O)CNCc1ccc(Cl)c2cccnc12. The van der Waals surface area contributed by atoms with Crippen molar-refractivity contribution in [3.05, 3.63) is 41.0 Å². The predicted octanol–water partition coefficient (Wildman–Crippen LogP) is 3.38. The monoisotopic (exact) mass is 292 g/mol. The number of hydrogen-bond acceptors (Lipinski definition) is 3. The number of aromatic nitrogens is 1. The van der Waals surface area contributed by atoms with Crippen LogP contribution in [0.25, 0.3) is 10.9 Å². The first kappa shape index (κ1) is 15.2. The fourth-order valence-electron chi connectivity index (χ4n) is 1.99. The predicted molar refractivity (Wildman–Crippen MR) is 83.9 cm³/mol. The summed E-state index contributed by atoms with van der Waals surface area (Å²) in [6, 6.07) is 7.73. The van der Waals surface area contributed by atoms with Crippen LogP contribution < -0.4 is 5.32 Å². The first-order chi connectivity index (χ1) is 9.42. The third-order valence-corrected chi connectivity index (χ3v) is 4.17. The van der Waals surface area contributed by atoms with E-state index in [1.165, 1.54) is 0 Å². The van der Waals surface area contributed by atoms with Crippen molar-refractivity contribution in [1.82, 2.24) is 10.3 Å². The molecule has 0 amide bonds. The quantitative estimate of drug-likeness (QED) is 0.888. The average molecular weight is 293 g/mol. The van der Waals surface area contributed by atoms with Crippen molar-refractivity contribution in [2.24, 2.45) is 5.92 Å². The van der Waals surface area contributed by atoms with E-state index < -0.39 is 5.60 Å². The van der Waals surface area contributed by atoms with Crippen LogP contribution in [-0.4, -0.2) is 22.2 Å². The molecule has 0 saturated carbocycles. The molecule has 1 heterocycles. The van der Waals surface area contributed by atoms with Crippen LogP contribution in [0.4, 0.5) is 0 Å². The van der Waals surface area contributed by atoms with Gasteiger partial charge in [-0.05, 0) is 36.6 Å². The highest BCUT2D eigenvalue weighted by Gasteiger charge is 2.24. The first-order valence-electron chi connectivity index (χ1n) is 6.87. The second-order valence-electron chi connectivity index (χ2n) is 5.72. The van der Waals surface area contributed by atoms with Crippen molar-refractivity contribution >= 4 is 22.5 Å². The number of pyridine rings is 1. The summed E-state index contributed by atoms with van der Waals surface area (Å²) < 4.78 is 0. The molecule has 1 atom stereocenters. The van der Waals surface area contributed by atoms with Crippen LogP contribution in [0.5, 0.6) is 0 Å². The average Bonchev–Trinajstić information content (AvgIpc) is 2.41. The van der Waals surface area contributed by atoms with Gasteiger partial charge in [0.2, 0.25) is 0 Å². The Morgan fingerprint density at radius 3 is 2.80 bits per heavy atom. The summed E-state index contributed by atoms with van der Waals surface area (Å²) in [7, 11) is 0. The fraction of sp³-hybridized carbons (Fsp3) is 0.438. The Balaban J connectivity index is 2.13. The van der Waals surface area contributed by atoms with Crippen molar-refractivity contribution in [3.63, 3.8) is 0 Å². The molecule has 3 nitrogen and oxygen atoms in total. The van der Waals surface area contributed by atoms with Crippen molar-refractivity contribution in [2.45, 2.75) is 32.9 Å². The van der Waals surface area contributed by atoms with Gasteiger partial charge in [-0.25, -0.2) is 0 Å². The van der Waals surface area contributed by atoms with Crippen molar-refractivity contribution in [3.8, 4) is 0 Å². The lowest BCUT2D eigenvalue weighted by atomic mass is 9.92. The van der Waals surface area contributed by atoms with Crippen LogP contribution >= 0.6 is 11.6 Å². The summed E-state index contributed by atoms with van der Waals surface area (Å²) in [5, 5.41) is 15.2. The lowest BCUT2D eigenvalue weighted by Crippen LogP contribution is -2.41. The Morgan fingerprint density at radius 1 is 1.35 bits per heavy atom. The number of halogens is 1. The lowest BCUT2D eigenvalue weighted by Gasteiger charge is -2.28. The van der Waals surface area contributed by atoms with Gasteiger partial charge in [-0.1, -0.05) is 31.5 Å². The zero-order valence-corrected chi connectivity index (χ0v) is 12.9. The summed E-state index contributed by atoms with van der Waals surface area (Å²) in [5.41, 5.74) is 1.29. The van der Waals surface area contributed by atoms with Crippen LogP contribution in [-0.2, 0) is 6.54 Å². The van der Waals surface area contributed by atoms with E-state index >= 15 is 0 Å². The second-order valence-corrected chi connectivity index (χ2v) is 6.13. The Bertz CT molecular complexity index is 596. The Morgan fingerprint density at radius 2 is 2.10 bits per heavy atom. The molecule has 0 fully saturated rings. The van der Waals surface area contributed by atoms with Gasteiger partial charge in [-0.3, -0.25) is 4.98 Å². The van der Waals surface area contributed by atoms with Gasteiger partial charge in [-0.15, -0.1) is 0 Å². The van der Waals surface area contributed by atoms with E-state index in [-0.39, 0.29) is 5.92 Å². The summed E-state index contributed by atoms with van der Waals surface area (Å²) >= 11 is 6.18. The highest BCUT2D eigenvalue weighted by Crippen LogP contribution is 2.24. The standard InChI is InChI=1S/C16H21ClN2O/c1-11(2)16(3,20)10-18-9-12-6-7-14(17)13-5-4-8-19-15(12)13/h4-8,11,18,20H,9-10H2,1-3H3. The van der Waals surface area contributed by atoms with E-state index in [0.29, 0.717) is 18.1 Å². The molecule has 4 heteroatoms. The number of rotatable bonds is 5. The van der Waals surface area contributed by atoms with E-state index in [9.17, 15) is 5.11 Å². The molecular weight excluding hydrogens is 272 g/mol. The molecule has 0 aliphatic carbocycles. The number of nitrogens with one attached hydrogen (secondary N) is 1. The summed E-state index contributed by atoms with van der Waals surface area (Å²) in [4.78, 5) is 4.41. The van der Waals surface area contributed by atoms with Gasteiger partial charge < -0.3 is 10.4 Å². The van der Waals surface area contributed by atoms with E-state index in [4.69, 9.17) is 11.6 Å². The van der Waals surface area contributed by atoms with Gasteiger partial charge in [-0.2, -0.15) is 0 Å². The van der Waals surface area contributed by atoms with Gasteiger partial charge in [0.05, 0.1) is 11.1 Å². The van der Waals surface area contributed by atoms with Crippen LogP contribution in [0.3, 0.4) is 0 Å². The second kappa shape index (κ2) is 6.08.